The molecule has 6 nitrogen and oxygen atoms in total. The molecule has 3 rings (SSSR count). The summed E-state index contributed by atoms with van der Waals surface area (Å²) in [6.45, 7) is 4.04. The number of ether oxygens (including phenoxy) is 2. The van der Waals surface area contributed by atoms with Gasteiger partial charge in [-0.25, -0.2) is 4.39 Å². The first-order chi connectivity index (χ1) is 12.9. The molecule has 1 aliphatic carbocycles. The summed E-state index contributed by atoms with van der Waals surface area (Å²) in [6.07, 6.45) is 1.20. The maximum Gasteiger partial charge on any atom is 0.307 e. The summed E-state index contributed by atoms with van der Waals surface area (Å²) in [5.41, 5.74) is 2.08. The first-order valence-corrected chi connectivity index (χ1v) is 9.36. The Morgan fingerprint density at radius 3 is 2.81 bits per heavy atom. The molecule has 1 aromatic rings. The highest BCUT2D eigenvalue weighted by atomic mass is 32.1. The molecule has 144 valence electrons. The van der Waals surface area contributed by atoms with Crippen LogP contribution in [-0.2, 0) is 9.53 Å². The van der Waals surface area contributed by atoms with Crippen molar-refractivity contribution in [2.75, 3.05) is 13.7 Å². The number of carboxylic acid groups (broad SMARTS) is 1. The number of carboxylic acids is 1. The van der Waals surface area contributed by atoms with Gasteiger partial charge in [0.25, 0.3) is 5.91 Å². The number of carbonyl (C=O) groups is 2. The third-order valence-electron chi connectivity index (χ3n) is 4.62. The van der Waals surface area contributed by atoms with Gasteiger partial charge in [0.1, 0.15) is 5.83 Å². The first kappa shape index (κ1) is 19.2. The van der Waals surface area contributed by atoms with E-state index in [0.717, 1.165) is 0 Å². The zero-order valence-corrected chi connectivity index (χ0v) is 16.1. The van der Waals surface area contributed by atoms with Crippen molar-refractivity contribution in [3.8, 4) is 5.06 Å². The average molecular weight is 393 g/mol. The predicted octanol–water partition coefficient (Wildman–Crippen LogP) is 3.88. The van der Waals surface area contributed by atoms with E-state index in [1.54, 1.807) is 18.4 Å². The number of allylic oxidation sites excluding steroid dienone is 2. The Balaban J connectivity index is 2.01. The second kappa shape index (κ2) is 7.56. The van der Waals surface area contributed by atoms with E-state index in [-0.39, 0.29) is 24.5 Å². The van der Waals surface area contributed by atoms with Crippen LogP contribution in [0, 0.1) is 0 Å². The standard InChI is InChI=1S/C19H20FNO5S/c1-4-26-18-5-11(9-27-18)19(24)21-10(2)12(7-17(22)23)13-6-16(25-3)14(20)8-15(13)21/h5-6,9,15H,4,7-8H2,1-3H3,(H,22,23). The van der Waals surface area contributed by atoms with Crippen molar-refractivity contribution in [3.05, 3.63) is 51.5 Å². The van der Waals surface area contributed by atoms with Crippen LogP contribution in [0.25, 0.3) is 0 Å². The second-order valence-electron chi connectivity index (χ2n) is 6.19. The SMILES string of the molecule is CCOc1cc(C(=O)N2C(C)=C(CC(=O)O)C3=CC(OC)=C(F)CC32)cs1. The van der Waals surface area contributed by atoms with Gasteiger partial charge in [-0.05, 0) is 31.1 Å². The number of nitrogens with zero attached hydrogens (tertiary/aromatic N) is 1. The molecule has 0 saturated carbocycles. The maximum atomic E-state index is 14.4. The number of rotatable bonds is 6. The van der Waals surface area contributed by atoms with Crippen LogP contribution < -0.4 is 4.74 Å². The van der Waals surface area contributed by atoms with Crippen molar-refractivity contribution in [1.82, 2.24) is 4.90 Å². The van der Waals surface area contributed by atoms with Crippen LogP contribution in [0.3, 0.4) is 0 Å². The Bertz CT molecular complexity index is 882. The van der Waals surface area contributed by atoms with E-state index >= 15 is 0 Å². The number of methoxy groups -OCH3 is 1. The van der Waals surface area contributed by atoms with Crippen molar-refractivity contribution in [2.45, 2.75) is 32.7 Å². The van der Waals surface area contributed by atoms with E-state index in [1.807, 2.05) is 6.92 Å². The van der Waals surface area contributed by atoms with E-state index in [4.69, 9.17) is 9.47 Å². The van der Waals surface area contributed by atoms with Crippen LogP contribution in [0.15, 0.2) is 46.0 Å². The second-order valence-corrected chi connectivity index (χ2v) is 7.06. The fourth-order valence-corrected chi connectivity index (χ4v) is 4.23. The summed E-state index contributed by atoms with van der Waals surface area (Å²) in [4.78, 5) is 25.9. The molecule has 0 spiro atoms. The van der Waals surface area contributed by atoms with Crippen molar-refractivity contribution in [2.24, 2.45) is 0 Å². The van der Waals surface area contributed by atoms with Crippen LogP contribution in [0.1, 0.15) is 37.0 Å². The lowest BCUT2D eigenvalue weighted by atomic mass is 9.92. The zero-order valence-electron chi connectivity index (χ0n) is 15.2. The Labute approximate surface area is 160 Å². The smallest absolute Gasteiger partial charge is 0.307 e. The van der Waals surface area contributed by atoms with Crippen molar-refractivity contribution in [1.29, 1.82) is 0 Å². The molecular formula is C19H20FNO5S. The number of hydrogen-bond donors (Lipinski definition) is 1. The number of hydrogen-bond acceptors (Lipinski definition) is 5. The summed E-state index contributed by atoms with van der Waals surface area (Å²) in [5.74, 6) is -1.71. The minimum atomic E-state index is -1.01. The Morgan fingerprint density at radius 2 is 2.19 bits per heavy atom. The molecule has 1 unspecified atom stereocenters. The van der Waals surface area contributed by atoms with E-state index in [0.29, 0.717) is 34.1 Å². The zero-order chi connectivity index (χ0) is 19.7. The minimum Gasteiger partial charge on any atom is -0.494 e. The highest BCUT2D eigenvalue weighted by Crippen LogP contribution is 2.43. The Hall–Kier alpha value is -2.61. The number of halogens is 1. The molecule has 0 aromatic carbocycles. The van der Waals surface area contributed by atoms with Gasteiger partial charge in [0.2, 0.25) is 0 Å². The minimum absolute atomic E-state index is 0.0519. The predicted molar refractivity (Wildman–Crippen MR) is 98.2 cm³/mol. The van der Waals surface area contributed by atoms with Gasteiger partial charge in [-0.15, -0.1) is 11.3 Å². The van der Waals surface area contributed by atoms with E-state index in [9.17, 15) is 19.1 Å². The lowest BCUT2D eigenvalue weighted by Gasteiger charge is -2.29. The highest BCUT2D eigenvalue weighted by molar-refractivity contribution is 7.12. The number of aliphatic carboxylic acids is 1. The summed E-state index contributed by atoms with van der Waals surface area (Å²) < 4.78 is 24.8. The number of amides is 1. The molecule has 2 heterocycles. The first-order valence-electron chi connectivity index (χ1n) is 8.48. The molecule has 2 aliphatic rings. The molecule has 0 saturated heterocycles. The largest absolute Gasteiger partial charge is 0.494 e. The Kier molecular flexibility index (Phi) is 5.36. The molecule has 1 aliphatic heterocycles. The number of fused-ring (bicyclic) bond motifs is 1. The summed E-state index contributed by atoms with van der Waals surface area (Å²) in [5, 5.41) is 11.6. The van der Waals surface area contributed by atoms with Crippen molar-refractivity contribution >= 4 is 23.2 Å². The van der Waals surface area contributed by atoms with E-state index in [1.165, 1.54) is 29.4 Å². The third kappa shape index (κ3) is 3.49. The molecule has 0 bridgehead atoms. The molecule has 0 radical (unpaired) electrons. The summed E-state index contributed by atoms with van der Waals surface area (Å²) >= 11 is 1.31. The van der Waals surface area contributed by atoms with Crippen LogP contribution in [0.2, 0.25) is 0 Å². The van der Waals surface area contributed by atoms with Crippen molar-refractivity contribution in [3.63, 3.8) is 0 Å². The highest BCUT2D eigenvalue weighted by Gasteiger charge is 2.42. The van der Waals surface area contributed by atoms with Crippen LogP contribution in [0.5, 0.6) is 5.06 Å². The number of carbonyl (C=O) groups excluding carboxylic acids is 1. The van der Waals surface area contributed by atoms with Crippen LogP contribution in [-0.4, -0.2) is 41.6 Å². The maximum absolute atomic E-state index is 14.4. The fraction of sp³-hybridized carbons (Fsp3) is 0.368. The molecule has 8 heteroatoms. The van der Waals surface area contributed by atoms with E-state index in [2.05, 4.69) is 0 Å². The lowest BCUT2D eigenvalue weighted by molar-refractivity contribution is -0.136. The van der Waals surface area contributed by atoms with E-state index < -0.39 is 17.8 Å². The van der Waals surface area contributed by atoms with Gasteiger partial charge in [-0.1, -0.05) is 0 Å². The summed E-state index contributed by atoms with van der Waals surface area (Å²) in [6, 6.07) is 1.07. The normalized spacial score (nSPS) is 19.2. The monoisotopic (exact) mass is 393 g/mol. The number of thiophene rings is 1. The topological polar surface area (TPSA) is 76.1 Å². The van der Waals surface area contributed by atoms with Gasteiger partial charge in [-0.2, -0.15) is 0 Å². The fourth-order valence-electron chi connectivity index (χ4n) is 3.43. The average Bonchev–Trinajstić information content (AvgIpc) is 3.18. The van der Waals surface area contributed by atoms with Gasteiger partial charge in [-0.3, -0.25) is 9.59 Å². The van der Waals surface area contributed by atoms with Crippen LogP contribution >= 0.6 is 11.3 Å². The Morgan fingerprint density at radius 1 is 1.44 bits per heavy atom. The summed E-state index contributed by atoms with van der Waals surface area (Å²) in [7, 11) is 1.36. The van der Waals surface area contributed by atoms with Gasteiger partial charge in [0.15, 0.2) is 10.8 Å². The molecule has 1 aromatic heterocycles. The molecule has 1 atom stereocenters. The molecule has 1 N–H and O–H groups in total. The molecule has 1 amide bonds. The van der Waals surface area contributed by atoms with Crippen LogP contribution in [0.4, 0.5) is 4.39 Å². The van der Waals surface area contributed by atoms with Gasteiger partial charge in [0.05, 0.1) is 31.7 Å². The molecular weight excluding hydrogens is 373 g/mol. The molecule has 0 fully saturated rings. The van der Waals surface area contributed by atoms with Gasteiger partial charge < -0.3 is 19.5 Å². The molecule has 27 heavy (non-hydrogen) atoms. The quantitative estimate of drug-likeness (QED) is 0.794. The van der Waals surface area contributed by atoms with Crippen molar-refractivity contribution < 1.29 is 28.6 Å². The van der Waals surface area contributed by atoms with Gasteiger partial charge >= 0.3 is 5.97 Å². The third-order valence-corrected chi connectivity index (χ3v) is 5.46. The lowest BCUT2D eigenvalue weighted by Crippen LogP contribution is -2.37. The van der Waals surface area contributed by atoms with Gasteiger partial charge in [0, 0.05) is 23.6 Å².